The molecule has 87 valence electrons. The molecule has 0 amide bonds. The smallest absolute Gasteiger partial charge is 0.127 e. The molecule has 0 saturated heterocycles. The van der Waals surface area contributed by atoms with Gasteiger partial charge in [0.05, 0.1) is 0 Å². The lowest BCUT2D eigenvalue weighted by molar-refractivity contribution is 0.482. The van der Waals surface area contributed by atoms with Crippen molar-refractivity contribution in [1.82, 2.24) is 0 Å². The van der Waals surface area contributed by atoms with Crippen LogP contribution < -0.4 is 4.74 Å². The predicted molar refractivity (Wildman–Crippen MR) is 71.3 cm³/mol. The van der Waals surface area contributed by atoms with Crippen molar-refractivity contribution in [3.05, 3.63) is 66.1 Å². The Morgan fingerprint density at radius 2 is 1.41 bits per heavy atom. The zero-order chi connectivity index (χ0) is 12.1. The Bertz CT molecular complexity index is 443. The molecule has 0 aliphatic carbocycles. The number of hydrogen-bond donors (Lipinski definition) is 0. The Morgan fingerprint density at radius 1 is 0.824 bits per heavy atom. The summed E-state index contributed by atoms with van der Waals surface area (Å²) in [5.41, 5.74) is 1.32. The van der Waals surface area contributed by atoms with Crippen molar-refractivity contribution < 1.29 is 4.74 Å². The summed E-state index contributed by atoms with van der Waals surface area (Å²) in [4.78, 5) is 0. The molecule has 17 heavy (non-hydrogen) atoms. The van der Waals surface area contributed by atoms with Crippen molar-refractivity contribution in [3.8, 4) is 11.5 Å². The molecule has 0 saturated carbocycles. The van der Waals surface area contributed by atoms with Gasteiger partial charge in [-0.1, -0.05) is 44.2 Å². The Morgan fingerprint density at radius 3 is 2.00 bits per heavy atom. The van der Waals surface area contributed by atoms with Crippen molar-refractivity contribution in [1.29, 1.82) is 0 Å². The van der Waals surface area contributed by atoms with Gasteiger partial charge in [-0.15, -0.1) is 0 Å². The van der Waals surface area contributed by atoms with Gasteiger partial charge in [0.25, 0.3) is 0 Å². The van der Waals surface area contributed by atoms with Crippen LogP contribution in [-0.2, 0) is 6.42 Å². The summed E-state index contributed by atoms with van der Waals surface area (Å²) in [5, 5.41) is 0. The second kappa shape index (κ2) is 5.53. The quantitative estimate of drug-likeness (QED) is 0.736. The first-order valence-corrected chi connectivity index (χ1v) is 5.85. The molecule has 0 fully saturated rings. The zero-order valence-electron chi connectivity index (χ0n) is 10.3. The van der Waals surface area contributed by atoms with Crippen LogP contribution in [0.15, 0.2) is 54.6 Å². The maximum Gasteiger partial charge on any atom is 0.127 e. The summed E-state index contributed by atoms with van der Waals surface area (Å²) in [6.07, 6.45) is 1.03. The molecular weight excluding hydrogens is 208 g/mol. The molecule has 0 aromatic heterocycles. The van der Waals surface area contributed by atoms with E-state index in [4.69, 9.17) is 4.74 Å². The Balaban J connectivity index is 2.03. The van der Waals surface area contributed by atoms with Gasteiger partial charge < -0.3 is 4.74 Å². The second-order valence-electron chi connectivity index (χ2n) is 4.44. The van der Waals surface area contributed by atoms with E-state index in [2.05, 4.69) is 26.0 Å². The number of rotatable bonds is 4. The van der Waals surface area contributed by atoms with E-state index in [0.717, 1.165) is 17.9 Å². The molecule has 0 aliphatic rings. The van der Waals surface area contributed by atoms with Gasteiger partial charge in [-0.3, -0.25) is 0 Å². The van der Waals surface area contributed by atoms with Crippen molar-refractivity contribution in [2.45, 2.75) is 20.3 Å². The van der Waals surface area contributed by atoms with Gasteiger partial charge in [-0.2, -0.15) is 0 Å². The van der Waals surface area contributed by atoms with E-state index in [9.17, 15) is 0 Å². The van der Waals surface area contributed by atoms with E-state index >= 15 is 0 Å². The fourth-order valence-corrected chi connectivity index (χ4v) is 1.71. The summed E-state index contributed by atoms with van der Waals surface area (Å²) in [6, 6.07) is 18.1. The zero-order valence-corrected chi connectivity index (χ0v) is 10.3. The highest BCUT2D eigenvalue weighted by Gasteiger charge is 1.99. The molecule has 2 aromatic rings. The normalized spacial score (nSPS) is 10.5. The van der Waals surface area contributed by atoms with Crippen LogP contribution in [0.4, 0.5) is 0 Å². The van der Waals surface area contributed by atoms with Gasteiger partial charge in [0.2, 0.25) is 0 Å². The molecule has 1 nitrogen and oxygen atoms in total. The molecule has 0 heterocycles. The lowest BCUT2D eigenvalue weighted by Gasteiger charge is -2.07. The molecule has 1 radical (unpaired) electrons. The molecule has 1 heteroatoms. The van der Waals surface area contributed by atoms with Crippen LogP contribution in [0.1, 0.15) is 19.4 Å². The van der Waals surface area contributed by atoms with E-state index in [1.54, 1.807) is 0 Å². The maximum absolute atomic E-state index is 5.73. The molecule has 0 atom stereocenters. The highest BCUT2D eigenvalue weighted by atomic mass is 16.5. The monoisotopic (exact) mass is 225 g/mol. The molecule has 0 N–H and O–H groups in total. The fraction of sp³-hybridized carbons (Fsp3) is 0.188. The summed E-state index contributed by atoms with van der Waals surface area (Å²) in [5.74, 6) is 3.17. The Kier molecular flexibility index (Phi) is 3.81. The van der Waals surface area contributed by atoms with E-state index in [1.807, 2.05) is 42.5 Å². The van der Waals surface area contributed by atoms with Gasteiger partial charge in [0.1, 0.15) is 11.5 Å². The third-order valence-electron chi connectivity index (χ3n) is 2.46. The molecule has 0 unspecified atom stereocenters. The highest BCUT2D eigenvalue weighted by Crippen LogP contribution is 2.22. The number of benzene rings is 2. The molecular formula is C16H17O. The number of hydrogen-bond acceptors (Lipinski definition) is 1. The van der Waals surface area contributed by atoms with Crippen LogP contribution in [0.2, 0.25) is 0 Å². The topological polar surface area (TPSA) is 9.23 Å². The van der Waals surface area contributed by atoms with Crippen molar-refractivity contribution >= 4 is 0 Å². The van der Waals surface area contributed by atoms with Crippen molar-refractivity contribution in [3.63, 3.8) is 0 Å². The van der Waals surface area contributed by atoms with Crippen LogP contribution >= 0.6 is 0 Å². The van der Waals surface area contributed by atoms with Gasteiger partial charge in [0, 0.05) is 0 Å². The van der Waals surface area contributed by atoms with Crippen LogP contribution in [0, 0.1) is 5.92 Å². The van der Waals surface area contributed by atoms with E-state index in [-0.39, 0.29) is 0 Å². The first kappa shape index (κ1) is 11.7. The standard InChI is InChI=1S/C16H17O/c1-13(2)12-14-8-10-16(11-9-14)17-15-6-4-3-5-7-15/h3-11H,12H2,1-2H3. The average molecular weight is 225 g/mol. The van der Waals surface area contributed by atoms with Crippen LogP contribution in [-0.4, -0.2) is 0 Å². The molecule has 2 rings (SSSR count). The minimum Gasteiger partial charge on any atom is -0.457 e. The van der Waals surface area contributed by atoms with E-state index in [1.165, 1.54) is 11.5 Å². The van der Waals surface area contributed by atoms with Crippen molar-refractivity contribution in [2.24, 2.45) is 0 Å². The van der Waals surface area contributed by atoms with Crippen LogP contribution in [0.5, 0.6) is 11.5 Å². The largest absolute Gasteiger partial charge is 0.457 e. The summed E-state index contributed by atoms with van der Waals surface area (Å²) < 4.78 is 5.73. The van der Waals surface area contributed by atoms with Crippen LogP contribution in [0.25, 0.3) is 0 Å². The molecule has 0 bridgehead atoms. The fourth-order valence-electron chi connectivity index (χ4n) is 1.71. The molecule has 2 aromatic carbocycles. The van der Waals surface area contributed by atoms with Gasteiger partial charge in [0.15, 0.2) is 0 Å². The summed E-state index contributed by atoms with van der Waals surface area (Å²) in [6.45, 7) is 4.29. The summed E-state index contributed by atoms with van der Waals surface area (Å²) >= 11 is 0. The van der Waals surface area contributed by atoms with Crippen molar-refractivity contribution in [2.75, 3.05) is 0 Å². The minimum absolute atomic E-state index is 0.874. The van der Waals surface area contributed by atoms with Gasteiger partial charge in [-0.05, 0) is 42.2 Å². The lowest BCUT2D eigenvalue weighted by Crippen LogP contribution is -1.91. The van der Waals surface area contributed by atoms with Gasteiger partial charge >= 0.3 is 0 Å². The second-order valence-corrected chi connectivity index (χ2v) is 4.44. The first-order valence-electron chi connectivity index (χ1n) is 5.85. The molecule has 0 aliphatic heterocycles. The lowest BCUT2D eigenvalue weighted by atomic mass is 10.0. The molecule has 0 spiro atoms. The van der Waals surface area contributed by atoms with Crippen LogP contribution in [0.3, 0.4) is 0 Å². The van der Waals surface area contributed by atoms with E-state index < -0.39 is 0 Å². The van der Waals surface area contributed by atoms with E-state index in [0.29, 0.717) is 0 Å². The predicted octanol–water partition coefficient (Wildman–Crippen LogP) is 4.64. The number of ether oxygens (including phenoxy) is 1. The Hall–Kier alpha value is -1.76. The average Bonchev–Trinajstić information content (AvgIpc) is 2.32. The Labute approximate surface area is 103 Å². The highest BCUT2D eigenvalue weighted by molar-refractivity contribution is 5.33. The third-order valence-corrected chi connectivity index (χ3v) is 2.46. The summed E-state index contributed by atoms with van der Waals surface area (Å²) in [7, 11) is 0. The number of para-hydroxylation sites is 1. The minimum atomic E-state index is 0.874. The first-order chi connectivity index (χ1) is 8.24. The third kappa shape index (κ3) is 3.63. The SMILES string of the molecule is C[C](C)Cc1ccc(Oc2ccccc2)cc1. The maximum atomic E-state index is 5.73. The van der Waals surface area contributed by atoms with Gasteiger partial charge in [-0.25, -0.2) is 0 Å².